The minimum Gasteiger partial charge on any atom is -0.494 e. The van der Waals surface area contributed by atoms with Crippen LogP contribution < -0.4 is 15.4 Å². The second kappa shape index (κ2) is 16.2. The molecule has 4 rings (SSSR count). The number of hydrogen-bond acceptors (Lipinski definition) is 6. The van der Waals surface area contributed by atoms with Crippen molar-refractivity contribution in [2.24, 2.45) is 5.92 Å². The van der Waals surface area contributed by atoms with Crippen molar-refractivity contribution in [1.29, 1.82) is 0 Å². The lowest BCUT2D eigenvalue weighted by Crippen LogP contribution is -2.51. The first-order valence-corrected chi connectivity index (χ1v) is 16.4. The third kappa shape index (κ3) is 10.2. The fourth-order valence-corrected chi connectivity index (χ4v) is 5.03. The first-order chi connectivity index (χ1) is 22.8. The molecule has 9 nitrogen and oxygen atoms in total. The van der Waals surface area contributed by atoms with Gasteiger partial charge < -0.3 is 20.5 Å². The summed E-state index contributed by atoms with van der Waals surface area (Å²) in [6.45, 7) is 12.8. The van der Waals surface area contributed by atoms with Crippen molar-refractivity contribution in [1.82, 2.24) is 20.6 Å². The van der Waals surface area contributed by atoms with Gasteiger partial charge in [0.2, 0.25) is 5.91 Å². The van der Waals surface area contributed by atoms with Gasteiger partial charge in [-0.2, -0.15) is 0 Å². The van der Waals surface area contributed by atoms with Crippen molar-refractivity contribution < 1.29 is 24.2 Å². The standard InChI is InChI=1S/C39H46N4O5/c1-25(2)8-7-21-48-33-19-15-28(16-20-33)31-23-40-35(41-24-31)29-11-9-27(10-12-29)22-34(37(45)42-26(3)38(46)47)43-36(44)30-13-17-32(18-14-30)39(4,5)6/h9-20,23-26,34H,7-8,21-22H2,1-6H3,(H,42,45)(H,43,44)(H,46,47). The van der Waals surface area contributed by atoms with Gasteiger partial charge in [-0.15, -0.1) is 0 Å². The number of aromatic nitrogens is 2. The molecule has 0 fully saturated rings. The second-order valence-corrected chi connectivity index (χ2v) is 13.5. The first-order valence-electron chi connectivity index (χ1n) is 16.4. The zero-order valence-electron chi connectivity index (χ0n) is 28.6. The van der Waals surface area contributed by atoms with E-state index in [4.69, 9.17) is 4.74 Å². The first kappa shape index (κ1) is 35.8. The van der Waals surface area contributed by atoms with Crippen LogP contribution in [0.2, 0.25) is 0 Å². The van der Waals surface area contributed by atoms with E-state index in [2.05, 4.69) is 55.2 Å². The highest BCUT2D eigenvalue weighted by molar-refractivity contribution is 5.98. The van der Waals surface area contributed by atoms with E-state index in [0.717, 1.165) is 46.4 Å². The number of carbonyl (C=O) groups excluding carboxylic acids is 2. The predicted molar refractivity (Wildman–Crippen MR) is 188 cm³/mol. The Morgan fingerprint density at radius 1 is 0.792 bits per heavy atom. The Bertz CT molecular complexity index is 1660. The summed E-state index contributed by atoms with van der Waals surface area (Å²) in [5.41, 5.74) is 4.85. The Kier molecular flexibility index (Phi) is 12.1. The lowest BCUT2D eigenvalue weighted by Gasteiger charge is -2.21. The van der Waals surface area contributed by atoms with E-state index in [1.165, 1.54) is 6.92 Å². The Morgan fingerprint density at radius 3 is 1.96 bits per heavy atom. The van der Waals surface area contributed by atoms with Crippen LogP contribution in [0.1, 0.15) is 75.9 Å². The predicted octanol–water partition coefficient (Wildman–Crippen LogP) is 6.85. The molecule has 0 aliphatic rings. The van der Waals surface area contributed by atoms with Crippen molar-refractivity contribution >= 4 is 17.8 Å². The number of carbonyl (C=O) groups is 3. The Hall–Kier alpha value is -5.05. The molecule has 0 saturated carbocycles. The molecule has 9 heteroatoms. The molecule has 4 aromatic rings. The maximum absolute atomic E-state index is 13.2. The molecule has 48 heavy (non-hydrogen) atoms. The number of ether oxygens (including phenoxy) is 1. The number of amides is 2. The van der Waals surface area contributed by atoms with Gasteiger partial charge in [-0.3, -0.25) is 14.4 Å². The van der Waals surface area contributed by atoms with Crippen molar-refractivity contribution in [3.05, 3.63) is 102 Å². The van der Waals surface area contributed by atoms with Gasteiger partial charge in [0, 0.05) is 35.5 Å². The maximum atomic E-state index is 13.2. The van der Waals surface area contributed by atoms with Crippen molar-refractivity contribution in [2.75, 3.05) is 6.61 Å². The molecule has 0 spiro atoms. The van der Waals surface area contributed by atoms with Crippen molar-refractivity contribution in [3.63, 3.8) is 0 Å². The van der Waals surface area contributed by atoms with Gasteiger partial charge in [0.15, 0.2) is 5.82 Å². The van der Waals surface area contributed by atoms with Gasteiger partial charge in [0.1, 0.15) is 17.8 Å². The molecule has 0 aliphatic carbocycles. The average Bonchev–Trinajstić information content (AvgIpc) is 3.06. The van der Waals surface area contributed by atoms with E-state index in [0.29, 0.717) is 23.9 Å². The summed E-state index contributed by atoms with van der Waals surface area (Å²) in [7, 11) is 0. The lowest BCUT2D eigenvalue weighted by atomic mass is 9.86. The summed E-state index contributed by atoms with van der Waals surface area (Å²) in [6, 6.07) is 20.4. The Labute approximate surface area is 283 Å². The fraction of sp³-hybridized carbons (Fsp3) is 0.359. The highest BCUT2D eigenvalue weighted by atomic mass is 16.5. The van der Waals surface area contributed by atoms with Crippen molar-refractivity contribution in [2.45, 2.75) is 78.3 Å². The van der Waals surface area contributed by atoms with E-state index >= 15 is 0 Å². The molecular weight excluding hydrogens is 604 g/mol. The number of aliphatic carboxylic acids is 1. The lowest BCUT2D eigenvalue weighted by molar-refractivity contribution is -0.141. The van der Waals surface area contributed by atoms with Crippen molar-refractivity contribution in [3.8, 4) is 28.3 Å². The van der Waals surface area contributed by atoms with Crippen LogP contribution in [0.5, 0.6) is 5.75 Å². The van der Waals surface area contributed by atoms with Crippen LogP contribution in [0.15, 0.2) is 85.2 Å². The highest BCUT2D eigenvalue weighted by Crippen LogP contribution is 2.24. The molecule has 0 radical (unpaired) electrons. The molecule has 0 saturated heterocycles. The Morgan fingerprint density at radius 2 is 1.40 bits per heavy atom. The number of nitrogens with one attached hydrogen (secondary N) is 2. The molecule has 2 unspecified atom stereocenters. The zero-order chi connectivity index (χ0) is 34.8. The molecule has 0 bridgehead atoms. The topological polar surface area (TPSA) is 131 Å². The van der Waals surface area contributed by atoms with Crippen LogP contribution in [-0.4, -0.2) is 51.5 Å². The monoisotopic (exact) mass is 650 g/mol. The largest absolute Gasteiger partial charge is 0.494 e. The molecule has 252 valence electrons. The molecule has 1 aromatic heterocycles. The van der Waals surface area contributed by atoms with E-state index in [1.807, 2.05) is 60.7 Å². The number of nitrogens with zero attached hydrogens (tertiary/aromatic N) is 2. The van der Waals surface area contributed by atoms with Gasteiger partial charge in [-0.25, -0.2) is 9.97 Å². The number of benzene rings is 3. The van der Waals surface area contributed by atoms with Crippen LogP contribution in [0.4, 0.5) is 0 Å². The smallest absolute Gasteiger partial charge is 0.325 e. The summed E-state index contributed by atoms with van der Waals surface area (Å²) >= 11 is 0. The van der Waals surface area contributed by atoms with Crippen LogP contribution in [0.3, 0.4) is 0 Å². The van der Waals surface area contributed by atoms with Gasteiger partial charge in [-0.05, 0) is 72.1 Å². The SMILES string of the molecule is CC(C)CCCOc1ccc(-c2cnc(-c3ccc(CC(NC(=O)c4ccc(C(C)(C)C)cc4)C(=O)NC(C)C(=O)O)cc3)nc2)cc1. The third-order valence-corrected chi connectivity index (χ3v) is 8.05. The highest BCUT2D eigenvalue weighted by Gasteiger charge is 2.25. The number of hydrogen-bond donors (Lipinski definition) is 3. The molecular formula is C39H46N4O5. The summed E-state index contributed by atoms with van der Waals surface area (Å²) in [5.74, 6) is -0.121. The van der Waals surface area contributed by atoms with Crippen LogP contribution in [0.25, 0.3) is 22.5 Å². The average molecular weight is 651 g/mol. The third-order valence-electron chi connectivity index (χ3n) is 8.05. The van der Waals surface area contributed by atoms with E-state index in [-0.39, 0.29) is 11.8 Å². The quantitative estimate of drug-likeness (QED) is 0.127. The second-order valence-electron chi connectivity index (χ2n) is 13.5. The van der Waals surface area contributed by atoms with Crippen LogP contribution in [0, 0.1) is 5.92 Å². The zero-order valence-corrected chi connectivity index (χ0v) is 28.6. The van der Waals surface area contributed by atoms with Gasteiger partial charge >= 0.3 is 5.97 Å². The van der Waals surface area contributed by atoms with Crippen LogP contribution >= 0.6 is 0 Å². The van der Waals surface area contributed by atoms with Gasteiger partial charge in [-0.1, -0.05) is 83.1 Å². The summed E-state index contributed by atoms with van der Waals surface area (Å²) in [4.78, 5) is 46.8. The van der Waals surface area contributed by atoms with Crippen LogP contribution in [-0.2, 0) is 21.4 Å². The molecule has 2 atom stereocenters. The van der Waals surface area contributed by atoms with E-state index in [1.54, 1.807) is 24.5 Å². The van der Waals surface area contributed by atoms with Gasteiger partial charge in [0.25, 0.3) is 5.91 Å². The summed E-state index contributed by atoms with van der Waals surface area (Å²) in [6.07, 6.45) is 5.88. The normalized spacial score (nSPS) is 12.6. The molecule has 3 aromatic carbocycles. The minimum absolute atomic E-state index is 0.0713. The Balaban J connectivity index is 1.42. The van der Waals surface area contributed by atoms with Gasteiger partial charge in [0.05, 0.1) is 6.61 Å². The minimum atomic E-state index is -1.17. The number of carboxylic acid groups (broad SMARTS) is 1. The number of carboxylic acids is 1. The summed E-state index contributed by atoms with van der Waals surface area (Å²) < 4.78 is 5.85. The molecule has 0 aliphatic heterocycles. The molecule has 2 amide bonds. The van der Waals surface area contributed by atoms with E-state index in [9.17, 15) is 19.5 Å². The number of rotatable bonds is 14. The molecule has 3 N–H and O–H groups in total. The maximum Gasteiger partial charge on any atom is 0.325 e. The summed E-state index contributed by atoms with van der Waals surface area (Å²) in [5, 5.41) is 14.6. The fourth-order valence-electron chi connectivity index (χ4n) is 5.03. The molecule has 1 heterocycles. The van der Waals surface area contributed by atoms with E-state index < -0.39 is 29.9 Å².